The van der Waals surface area contributed by atoms with Gasteiger partial charge in [-0.2, -0.15) is 0 Å². The molecule has 2 aromatic rings. The van der Waals surface area contributed by atoms with Crippen LogP contribution in [0.3, 0.4) is 0 Å². The highest BCUT2D eigenvalue weighted by atomic mass is 35.5. The molecular formula is C12H8Cl4N2. The lowest BCUT2D eigenvalue weighted by molar-refractivity contribution is 1.60. The van der Waals surface area contributed by atoms with Crippen molar-refractivity contribution in [1.82, 2.24) is 0 Å². The summed E-state index contributed by atoms with van der Waals surface area (Å²) in [7, 11) is 0. The second-order valence-electron chi connectivity index (χ2n) is 3.62. The Morgan fingerprint density at radius 2 is 1.33 bits per heavy atom. The minimum atomic E-state index is 0.148. The smallest absolute Gasteiger partial charge is 0.0858 e. The van der Waals surface area contributed by atoms with Crippen molar-refractivity contribution in [3.63, 3.8) is 0 Å². The van der Waals surface area contributed by atoms with Crippen LogP contribution in [0.4, 0.5) is 11.4 Å². The van der Waals surface area contributed by atoms with E-state index >= 15 is 0 Å². The van der Waals surface area contributed by atoms with Crippen molar-refractivity contribution in [2.45, 2.75) is 0 Å². The Labute approximate surface area is 124 Å². The molecular weight excluding hydrogens is 314 g/mol. The summed E-state index contributed by atoms with van der Waals surface area (Å²) in [6.07, 6.45) is 0. The van der Waals surface area contributed by atoms with Crippen LogP contribution >= 0.6 is 46.4 Å². The van der Waals surface area contributed by atoms with Crippen LogP contribution in [-0.4, -0.2) is 0 Å². The summed E-state index contributed by atoms with van der Waals surface area (Å²) in [6.45, 7) is 0. The lowest BCUT2D eigenvalue weighted by atomic mass is 10.0. The normalized spacial score (nSPS) is 10.7. The van der Waals surface area contributed by atoms with Crippen molar-refractivity contribution in [3.05, 3.63) is 44.4 Å². The second-order valence-corrected chi connectivity index (χ2v) is 5.17. The number of nitrogen functional groups attached to an aromatic ring is 2. The van der Waals surface area contributed by atoms with Crippen LogP contribution in [0, 0.1) is 0 Å². The van der Waals surface area contributed by atoms with Crippen molar-refractivity contribution in [3.8, 4) is 11.1 Å². The largest absolute Gasteiger partial charge is 0.396 e. The molecule has 0 aliphatic rings. The molecule has 18 heavy (non-hydrogen) atoms. The monoisotopic (exact) mass is 320 g/mol. The molecule has 0 saturated carbocycles. The van der Waals surface area contributed by atoms with E-state index in [1.807, 2.05) is 6.07 Å². The van der Waals surface area contributed by atoms with E-state index in [4.69, 9.17) is 57.9 Å². The van der Waals surface area contributed by atoms with Crippen LogP contribution in [0.15, 0.2) is 24.3 Å². The van der Waals surface area contributed by atoms with Crippen LogP contribution in [-0.2, 0) is 0 Å². The van der Waals surface area contributed by atoms with Crippen LogP contribution in [0.5, 0.6) is 0 Å². The highest BCUT2D eigenvalue weighted by Crippen LogP contribution is 2.48. The van der Waals surface area contributed by atoms with Gasteiger partial charge in [-0.15, -0.1) is 0 Å². The molecule has 4 N–H and O–H groups in total. The van der Waals surface area contributed by atoms with Crippen molar-refractivity contribution in [2.24, 2.45) is 0 Å². The van der Waals surface area contributed by atoms with Crippen molar-refractivity contribution in [1.29, 1.82) is 0 Å². The number of hydrogen-bond acceptors (Lipinski definition) is 2. The molecule has 2 rings (SSSR count). The lowest BCUT2D eigenvalue weighted by Gasteiger charge is -2.15. The summed E-state index contributed by atoms with van der Waals surface area (Å²) in [4.78, 5) is 0. The fourth-order valence-corrected chi connectivity index (χ4v) is 2.59. The topological polar surface area (TPSA) is 52.0 Å². The zero-order valence-corrected chi connectivity index (χ0v) is 12.0. The van der Waals surface area contributed by atoms with E-state index in [1.165, 1.54) is 0 Å². The fraction of sp³-hybridized carbons (Fsp3) is 0. The quantitative estimate of drug-likeness (QED) is 0.565. The first-order valence-electron chi connectivity index (χ1n) is 4.91. The fourth-order valence-electron chi connectivity index (χ4n) is 1.62. The molecule has 6 heteroatoms. The highest BCUT2D eigenvalue weighted by Gasteiger charge is 2.20. The van der Waals surface area contributed by atoms with E-state index in [2.05, 4.69) is 0 Å². The molecule has 94 valence electrons. The Hall–Kier alpha value is -0.800. The van der Waals surface area contributed by atoms with E-state index in [9.17, 15) is 0 Å². The first kappa shape index (κ1) is 13.6. The van der Waals surface area contributed by atoms with Gasteiger partial charge in [-0.25, -0.2) is 0 Å². The maximum absolute atomic E-state index is 6.17. The average molecular weight is 322 g/mol. The molecule has 0 fully saturated rings. The van der Waals surface area contributed by atoms with Crippen molar-refractivity contribution < 1.29 is 0 Å². The second kappa shape index (κ2) is 5.06. The van der Waals surface area contributed by atoms with Gasteiger partial charge in [0.05, 0.1) is 26.4 Å². The van der Waals surface area contributed by atoms with Gasteiger partial charge in [0.1, 0.15) is 0 Å². The molecule has 0 aliphatic heterocycles. The van der Waals surface area contributed by atoms with Crippen molar-refractivity contribution in [2.75, 3.05) is 11.5 Å². The van der Waals surface area contributed by atoms with E-state index < -0.39 is 0 Å². The summed E-state index contributed by atoms with van der Waals surface area (Å²) in [5, 5.41) is 1.06. The highest BCUT2D eigenvalue weighted by molar-refractivity contribution is 6.51. The van der Waals surface area contributed by atoms with Gasteiger partial charge in [-0.1, -0.05) is 64.6 Å². The number of nitrogens with two attached hydrogens (primary N) is 2. The predicted molar refractivity (Wildman–Crippen MR) is 80.7 cm³/mol. The zero-order valence-electron chi connectivity index (χ0n) is 8.98. The number of anilines is 2. The Bertz CT molecular complexity index is 597. The van der Waals surface area contributed by atoms with Gasteiger partial charge in [0.25, 0.3) is 0 Å². The van der Waals surface area contributed by atoms with Crippen LogP contribution in [0.2, 0.25) is 20.1 Å². The Balaban J connectivity index is 2.85. The predicted octanol–water partition coefficient (Wildman–Crippen LogP) is 5.13. The minimum Gasteiger partial charge on any atom is -0.396 e. The van der Waals surface area contributed by atoms with E-state index in [0.29, 0.717) is 16.1 Å². The molecule has 0 bridgehead atoms. The van der Waals surface area contributed by atoms with Gasteiger partial charge in [0.2, 0.25) is 0 Å². The third kappa shape index (κ3) is 2.10. The summed E-state index contributed by atoms with van der Waals surface area (Å²) in [6, 6.07) is 7.13. The third-order valence-corrected chi connectivity index (χ3v) is 4.22. The van der Waals surface area contributed by atoms with Gasteiger partial charge in [-0.05, 0) is 6.07 Å². The minimum absolute atomic E-state index is 0.148. The molecule has 0 saturated heterocycles. The first-order chi connectivity index (χ1) is 8.45. The summed E-state index contributed by atoms with van der Waals surface area (Å²) < 4.78 is 0. The molecule has 0 aliphatic carbocycles. The summed E-state index contributed by atoms with van der Waals surface area (Å²) >= 11 is 24.2. The molecule has 0 amide bonds. The van der Waals surface area contributed by atoms with Crippen LogP contribution in [0.1, 0.15) is 0 Å². The van der Waals surface area contributed by atoms with Gasteiger partial charge in [0, 0.05) is 16.1 Å². The molecule has 0 aromatic heterocycles. The van der Waals surface area contributed by atoms with E-state index in [-0.39, 0.29) is 26.4 Å². The van der Waals surface area contributed by atoms with Crippen LogP contribution in [0.25, 0.3) is 11.1 Å². The number of benzene rings is 2. The molecule has 0 heterocycles. The van der Waals surface area contributed by atoms with Gasteiger partial charge < -0.3 is 11.5 Å². The summed E-state index contributed by atoms with van der Waals surface area (Å²) in [5.74, 6) is 0. The number of hydrogen-bond donors (Lipinski definition) is 2. The maximum Gasteiger partial charge on any atom is 0.0858 e. The molecule has 0 atom stereocenters. The Morgan fingerprint density at radius 3 is 1.94 bits per heavy atom. The number of rotatable bonds is 1. The molecule has 2 aromatic carbocycles. The van der Waals surface area contributed by atoms with Crippen LogP contribution < -0.4 is 11.5 Å². The standard InChI is InChI=1S/C12H8Cl4N2/c13-6-4-2-1-3-5(6)7-8(14)9(15)10(16)12(18)11(7)17/h1-4H,17-18H2. The first-order valence-corrected chi connectivity index (χ1v) is 6.42. The zero-order chi connectivity index (χ0) is 13.4. The lowest BCUT2D eigenvalue weighted by Crippen LogP contribution is -2.00. The van der Waals surface area contributed by atoms with Crippen molar-refractivity contribution >= 4 is 57.8 Å². The Morgan fingerprint density at radius 1 is 0.722 bits per heavy atom. The maximum atomic E-state index is 6.17. The van der Waals surface area contributed by atoms with Gasteiger partial charge in [0.15, 0.2) is 0 Å². The van der Waals surface area contributed by atoms with Gasteiger partial charge in [-0.3, -0.25) is 0 Å². The van der Waals surface area contributed by atoms with E-state index in [1.54, 1.807) is 18.2 Å². The van der Waals surface area contributed by atoms with E-state index in [0.717, 1.165) is 0 Å². The SMILES string of the molecule is Nc1c(N)c(-c2ccccc2Cl)c(Cl)c(Cl)c1Cl. The third-order valence-electron chi connectivity index (χ3n) is 2.54. The summed E-state index contributed by atoms with van der Waals surface area (Å²) in [5.41, 5.74) is 13.4. The molecule has 0 spiro atoms. The van der Waals surface area contributed by atoms with Gasteiger partial charge >= 0.3 is 0 Å². The molecule has 2 nitrogen and oxygen atoms in total. The Kier molecular flexibility index (Phi) is 3.83. The molecule has 0 unspecified atom stereocenters. The average Bonchev–Trinajstić information content (AvgIpc) is 2.36. The number of halogens is 4. The molecule has 0 radical (unpaired) electrons.